The molecule has 3 nitrogen and oxygen atoms in total. The lowest BCUT2D eigenvalue weighted by Gasteiger charge is -2.07. The van der Waals surface area contributed by atoms with E-state index in [1.807, 2.05) is 13.8 Å². The van der Waals surface area contributed by atoms with Gasteiger partial charge in [-0.25, -0.2) is 4.79 Å². The second-order valence-corrected chi connectivity index (χ2v) is 2.87. The molecule has 0 spiro atoms. The van der Waals surface area contributed by atoms with Crippen LogP contribution in [0.15, 0.2) is 18.2 Å². The van der Waals surface area contributed by atoms with Gasteiger partial charge in [-0.05, 0) is 37.6 Å². The van der Waals surface area contributed by atoms with Crippen molar-refractivity contribution in [1.82, 2.24) is 0 Å². The Labute approximate surface area is 77.4 Å². The molecule has 0 aliphatic rings. The van der Waals surface area contributed by atoms with Crippen molar-refractivity contribution in [2.24, 2.45) is 0 Å². The number of hydrogen-bond donors (Lipinski definition) is 2. The van der Waals surface area contributed by atoms with Crippen LogP contribution in [-0.2, 0) is 0 Å². The van der Waals surface area contributed by atoms with Gasteiger partial charge in [-0.1, -0.05) is 0 Å². The Balaban J connectivity index is 2.98. The molecular weight excluding hydrogens is 166 g/mol. The van der Waals surface area contributed by atoms with E-state index >= 15 is 0 Å². The molecule has 0 aliphatic heterocycles. The first-order valence-electron chi connectivity index (χ1n) is 4.23. The molecule has 13 heavy (non-hydrogen) atoms. The summed E-state index contributed by atoms with van der Waals surface area (Å²) in [6.45, 7) is 4.74. The number of aromatic carboxylic acids is 1. The summed E-state index contributed by atoms with van der Waals surface area (Å²) in [5.41, 5.74) is 2.29. The van der Waals surface area contributed by atoms with Gasteiger partial charge in [-0.2, -0.15) is 0 Å². The van der Waals surface area contributed by atoms with Crippen LogP contribution in [0.4, 0.5) is 5.69 Å². The minimum absolute atomic E-state index is 0.333. The van der Waals surface area contributed by atoms with Crippen molar-refractivity contribution in [2.45, 2.75) is 13.8 Å². The molecule has 1 aromatic rings. The predicted molar refractivity (Wildman–Crippen MR) is 52.3 cm³/mol. The van der Waals surface area contributed by atoms with Crippen LogP contribution in [0.25, 0.3) is 0 Å². The first-order valence-corrected chi connectivity index (χ1v) is 4.23. The molecule has 70 valence electrons. The standard InChI is InChI=1S/C10H13NO2/c1-3-11-9-5-4-8(10(12)13)6-7(9)2/h4-6,11H,3H2,1-2H3,(H,12,13). The highest BCUT2D eigenvalue weighted by atomic mass is 16.4. The number of anilines is 1. The summed E-state index contributed by atoms with van der Waals surface area (Å²) in [4.78, 5) is 10.6. The first kappa shape index (κ1) is 9.58. The van der Waals surface area contributed by atoms with Crippen molar-refractivity contribution < 1.29 is 9.90 Å². The Bertz CT molecular complexity index is 321. The molecule has 3 heteroatoms. The van der Waals surface area contributed by atoms with E-state index in [4.69, 9.17) is 5.11 Å². The maximum atomic E-state index is 10.6. The Kier molecular flexibility index (Phi) is 2.90. The van der Waals surface area contributed by atoms with E-state index in [2.05, 4.69) is 5.32 Å². The van der Waals surface area contributed by atoms with Crippen molar-refractivity contribution in [3.8, 4) is 0 Å². The fourth-order valence-corrected chi connectivity index (χ4v) is 1.19. The molecule has 0 radical (unpaired) electrons. The lowest BCUT2D eigenvalue weighted by atomic mass is 10.1. The highest BCUT2D eigenvalue weighted by molar-refractivity contribution is 5.88. The molecule has 0 bridgehead atoms. The quantitative estimate of drug-likeness (QED) is 0.747. The van der Waals surface area contributed by atoms with Crippen molar-refractivity contribution in [3.05, 3.63) is 29.3 Å². The number of carboxylic acid groups (broad SMARTS) is 1. The zero-order valence-corrected chi connectivity index (χ0v) is 7.79. The molecule has 2 N–H and O–H groups in total. The number of carbonyl (C=O) groups is 1. The summed E-state index contributed by atoms with van der Waals surface area (Å²) in [7, 11) is 0. The van der Waals surface area contributed by atoms with Crippen LogP contribution in [0.2, 0.25) is 0 Å². The van der Waals surface area contributed by atoms with E-state index in [1.54, 1.807) is 18.2 Å². The van der Waals surface area contributed by atoms with Gasteiger partial charge in [0.25, 0.3) is 0 Å². The minimum atomic E-state index is -0.883. The Morgan fingerprint density at radius 3 is 2.69 bits per heavy atom. The summed E-state index contributed by atoms with van der Waals surface area (Å²) in [5, 5.41) is 11.9. The zero-order chi connectivity index (χ0) is 9.84. The van der Waals surface area contributed by atoms with Crippen LogP contribution in [0.3, 0.4) is 0 Å². The molecule has 0 amide bonds. The van der Waals surface area contributed by atoms with Gasteiger partial charge < -0.3 is 10.4 Å². The topological polar surface area (TPSA) is 49.3 Å². The third-order valence-corrected chi connectivity index (χ3v) is 1.84. The van der Waals surface area contributed by atoms with Gasteiger partial charge in [0.1, 0.15) is 0 Å². The maximum absolute atomic E-state index is 10.6. The fourth-order valence-electron chi connectivity index (χ4n) is 1.19. The largest absolute Gasteiger partial charge is 0.478 e. The van der Waals surface area contributed by atoms with E-state index in [0.717, 1.165) is 17.8 Å². The molecule has 0 heterocycles. The summed E-state index contributed by atoms with van der Waals surface area (Å²) < 4.78 is 0. The van der Waals surface area contributed by atoms with E-state index in [1.165, 1.54) is 0 Å². The lowest BCUT2D eigenvalue weighted by molar-refractivity contribution is 0.0697. The van der Waals surface area contributed by atoms with Gasteiger partial charge in [0, 0.05) is 12.2 Å². The monoisotopic (exact) mass is 179 g/mol. The summed E-state index contributed by atoms with van der Waals surface area (Å²) in [5.74, 6) is -0.883. The SMILES string of the molecule is CCNc1ccc(C(=O)O)cc1C. The van der Waals surface area contributed by atoms with Gasteiger partial charge in [0.2, 0.25) is 0 Å². The molecule has 0 fully saturated rings. The Morgan fingerprint density at radius 2 is 2.23 bits per heavy atom. The molecule has 0 aliphatic carbocycles. The lowest BCUT2D eigenvalue weighted by Crippen LogP contribution is -2.01. The van der Waals surface area contributed by atoms with E-state index in [-0.39, 0.29) is 0 Å². The van der Waals surface area contributed by atoms with Crippen LogP contribution in [-0.4, -0.2) is 17.6 Å². The van der Waals surface area contributed by atoms with Crippen LogP contribution in [0.1, 0.15) is 22.8 Å². The third kappa shape index (κ3) is 2.21. The highest BCUT2D eigenvalue weighted by Gasteiger charge is 2.04. The molecule has 1 rings (SSSR count). The molecule has 0 saturated heterocycles. The Morgan fingerprint density at radius 1 is 1.54 bits per heavy atom. The summed E-state index contributed by atoms with van der Waals surface area (Å²) in [6.07, 6.45) is 0. The number of nitrogens with one attached hydrogen (secondary N) is 1. The van der Waals surface area contributed by atoms with Crippen LogP contribution < -0.4 is 5.32 Å². The van der Waals surface area contributed by atoms with Crippen LogP contribution >= 0.6 is 0 Å². The van der Waals surface area contributed by atoms with Crippen molar-refractivity contribution in [3.63, 3.8) is 0 Å². The Hall–Kier alpha value is -1.51. The third-order valence-electron chi connectivity index (χ3n) is 1.84. The molecule has 0 unspecified atom stereocenters. The van der Waals surface area contributed by atoms with Gasteiger partial charge in [-0.15, -0.1) is 0 Å². The number of hydrogen-bond acceptors (Lipinski definition) is 2. The second-order valence-electron chi connectivity index (χ2n) is 2.87. The number of benzene rings is 1. The molecule has 0 saturated carbocycles. The van der Waals surface area contributed by atoms with Gasteiger partial charge >= 0.3 is 5.97 Å². The van der Waals surface area contributed by atoms with Gasteiger partial charge in [0.05, 0.1) is 5.56 Å². The molecule has 0 aromatic heterocycles. The average Bonchev–Trinajstić information content (AvgIpc) is 2.08. The molecular formula is C10H13NO2. The minimum Gasteiger partial charge on any atom is -0.478 e. The van der Waals surface area contributed by atoms with Gasteiger partial charge in [0.15, 0.2) is 0 Å². The number of aryl methyl sites for hydroxylation is 1. The van der Waals surface area contributed by atoms with E-state index in [0.29, 0.717) is 5.56 Å². The summed E-state index contributed by atoms with van der Waals surface area (Å²) >= 11 is 0. The van der Waals surface area contributed by atoms with Crippen LogP contribution in [0, 0.1) is 6.92 Å². The van der Waals surface area contributed by atoms with Crippen molar-refractivity contribution >= 4 is 11.7 Å². The first-order chi connectivity index (χ1) is 6.15. The normalized spacial score (nSPS) is 9.69. The van der Waals surface area contributed by atoms with E-state index < -0.39 is 5.97 Å². The smallest absolute Gasteiger partial charge is 0.335 e. The molecule has 0 atom stereocenters. The number of carboxylic acids is 1. The van der Waals surface area contributed by atoms with Crippen LogP contribution in [0.5, 0.6) is 0 Å². The second kappa shape index (κ2) is 3.94. The zero-order valence-electron chi connectivity index (χ0n) is 7.79. The van der Waals surface area contributed by atoms with Crippen molar-refractivity contribution in [1.29, 1.82) is 0 Å². The average molecular weight is 179 g/mol. The number of rotatable bonds is 3. The molecule has 1 aromatic carbocycles. The van der Waals surface area contributed by atoms with Crippen molar-refractivity contribution in [2.75, 3.05) is 11.9 Å². The fraction of sp³-hybridized carbons (Fsp3) is 0.300. The summed E-state index contributed by atoms with van der Waals surface area (Å²) in [6, 6.07) is 5.07. The highest BCUT2D eigenvalue weighted by Crippen LogP contribution is 2.15. The van der Waals surface area contributed by atoms with E-state index in [9.17, 15) is 4.79 Å². The maximum Gasteiger partial charge on any atom is 0.335 e. The van der Waals surface area contributed by atoms with Gasteiger partial charge in [-0.3, -0.25) is 0 Å². The predicted octanol–water partition coefficient (Wildman–Crippen LogP) is 2.13.